The van der Waals surface area contributed by atoms with Gasteiger partial charge in [0.2, 0.25) is 17.7 Å². The largest absolute Gasteiger partial charge is 0.312 e. The summed E-state index contributed by atoms with van der Waals surface area (Å²) in [7, 11) is 0. The maximum atomic E-state index is 12.3. The molecule has 25 heavy (non-hydrogen) atoms. The summed E-state index contributed by atoms with van der Waals surface area (Å²) in [5, 5.41) is 0. The van der Waals surface area contributed by atoms with Gasteiger partial charge in [-0.1, -0.05) is 19.9 Å². The molecule has 3 rings (SSSR count). The Hall–Kier alpha value is -2.37. The number of fused-ring (bicyclic) bond motifs is 1. The van der Waals surface area contributed by atoms with E-state index in [0.29, 0.717) is 13.0 Å². The first-order valence-corrected chi connectivity index (χ1v) is 8.95. The molecule has 1 fully saturated rings. The zero-order chi connectivity index (χ0) is 18.0. The van der Waals surface area contributed by atoms with Crippen molar-refractivity contribution in [3.63, 3.8) is 0 Å². The van der Waals surface area contributed by atoms with Gasteiger partial charge in [0.1, 0.15) is 0 Å². The second kappa shape index (κ2) is 7.25. The van der Waals surface area contributed by atoms with E-state index >= 15 is 0 Å². The highest BCUT2D eigenvalue weighted by atomic mass is 16.2. The van der Waals surface area contributed by atoms with E-state index in [4.69, 9.17) is 0 Å². The van der Waals surface area contributed by atoms with Crippen molar-refractivity contribution >= 4 is 23.4 Å². The summed E-state index contributed by atoms with van der Waals surface area (Å²) < 4.78 is 0. The number of nitrogens with one attached hydrogen (secondary N) is 2. The van der Waals surface area contributed by atoms with Crippen molar-refractivity contribution in [2.75, 3.05) is 11.4 Å². The van der Waals surface area contributed by atoms with Gasteiger partial charge in [0.25, 0.3) is 0 Å². The summed E-state index contributed by atoms with van der Waals surface area (Å²) in [4.78, 5) is 37.9. The second-order valence-corrected chi connectivity index (χ2v) is 7.35. The number of rotatable bonds is 4. The lowest BCUT2D eigenvalue weighted by Crippen LogP contribution is -2.45. The van der Waals surface area contributed by atoms with Crippen LogP contribution in [-0.2, 0) is 27.2 Å². The van der Waals surface area contributed by atoms with Crippen LogP contribution in [0.1, 0.15) is 44.2 Å². The highest BCUT2D eigenvalue weighted by Crippen LogP contribution is 2.30. The summed E-state index contributed by atoms with van der Waals surface area (Å²) >= 11 is 0. The van der Waals surface area contributed by atoms with Crippen molar-refractivity contribution in [3.8, 4) is 0 Å². The number of nitrogens with zero attached hydrogens (tertiary/aromatic N) is 1. The van der Waals surface area contributed by atoms with Crippen molar-refractivity contribution < 1.29 is 14.4 Å². The number of benzene rings is 1. The minimum absolute atomic E-state index is 0.0494. The van der Waals surface area contributed by atoms with Crippen molar-refractivity contribution in [2.45, 2.75) is 46.0 Å². The van der Waals surface area contributed by atoms with Crippen LogP contribution in [0.3, 0.4) is 0 Å². The first-order valence-electron chi connectivity index (χ1n) is 8.95. The standard InChI is InChI=1S/C19H25N3O3/c1-12(2)8-17(23)20-21-19(25)15-10-18(24)22(11-15)16-7-6-13-4-3-5-14(13)9-16/h6-7,9,12,15H,3-5,8,10-11H2,1-2H3,(H,20,23)(H,21,25)/t15-/m0/s1. The molecule has 1 aromatic rings. The molecular formula is C19H25N3O3. The molecule has 1 aliphatic heterocycles. The molecule has 134 valence electrons. The molecular weight excluding hydrogens is 318 g/mol. The minimum Gasteiger partial charge on any atom is -0.312 e. The Morgan fingerprint density at radius 3 is 2.72 bits per heavy atom. The van der Waals surface area contributed by atoms with Crippen LogP contribution >= 0.6 is 0 Å². The average molecular weight is 343 g/mol. The third-order valence-electron chi connectivity index (χ3n) is 4.81. The molecule has 0 aromatic heterocycles. The van der Waals surface area contributed by atoms with Crippen LogP contribution in [0.15, 0.2) is 18.2 Å². The smallest absolute Gasteiger partial charge is 0.243 e. The summed E-state index contributed by atoms with van der Waals surface area (Å²) in [6, 6.07) is 6.13. The van der Waals surface area contributed by atoms with Crippen LogP contribution in [0.4, 0.5) is 5.69 Å². The molecule has 1 aliphatic carbocycles. The zero-order valence-electron chi connectivity index (χ0n) is 14.8. The van der Waals surface area contributed by atoms with Gasteiger partial charge in [-0.15, -0.1) is 0 Å². The summed E-state index contributed by atoms with van der Waals surface area (Å²) in [5.41, 5.74) is 8.40. The Kier molecular flexibility index (Phi) is 5.06. The number of hydrogen-bond acceptors (Lipinski definition) is 3. The van der Waals surface area contributed by atoms with Gasteiger partial charge in [-0.2, -0.15) is 0 Å². The van der Waals surface area contributed by atoms with Crippen LogP contribution in [-0.4, -0.2) is 24.3 Å². The molecule has 0 spiro atoms. The zero-order valence-corrected chi connectivity index (χ0v) is 14.8. The van der Waals surface area contributed by atoms with Crippen LogP contribution in [0, 0.1) is 11.8 Å². The molecule has 1 aromatic carbocycles. The fourth-order valence-corrected chi connectivity index (χ4v) is 3.51. The quantitative estimate of drug-likeness (QED) is 0.817. The SMILES string of the molecule is CC(C)CC(=O)NNC(=O)[C@H]1CC(=O)N(c2ccc3c(c2)CCC3)C1. The normalized spacial score (nSPS) is 19.2. The van der Waals surface area contributed by atoms with Gasteiger partial charge < -0.3 is 4.90 Å². The van der Waals surface area contributed by atoms with Gasteiger partial charge in [0, 0.05) is 25.1 Å². The van der Waals surface area contributed by atoms with E-state index in [0.717, 1.165) is 24.9 Å². The van der Waals surface area contributed by atoms with Crippen LogP contribution in [0.2, 0.25) is 0 Å². The monoisotopic (exact) mass is 343 g/mol. The number of carbonyl (C=O) groups excluding carboxylic acids is 3. The maximum absolute atomic E-state index is 12.3. The number of aryl methyl sites for hydroxylation is 2. The minimum atomic E-state index is -0.444. The molecule has 0 radical (unpaired) electrons. The third kappa shape index (κ3) is 4.00. The topological polar surface area (TPSA) is 78.5 Å². The average Bonchev–Trinajstić information content (AvgIpc) is 3.17. The van der Waals surface area contributed by atoms with Gasteiger partial charge in [-0.3, -0.25) is 25.2 Å². The van der Waals surface area contributed by atoms with Crippen molar-refractivity contribution in [1.29, 1.82) is 0 Å². The predicted octanol–water partition coefficient (Wildman–Crippen LogP) is 1.72. The Labute approximate surface area is 147 Å². The van der Waals surface area contributed by atoms with E-state index in [1.807, 2.05) is 19.9 Å². The van der Waals surface area contributed by atoms with Gasteiger partial charge in [0.15, 0.2) is 0 Å². The number of hydrazine groups is 1. The van der Waals surface area contributed by atoms with Crippen LogP contribution in [0.5, 0.6) is 0 Å². The number of hydrogen-bond donors (Lipinski definition) is 2. The summed E-state index contributed by atoms with van der Waals surface area (Å²) in [6.07, 6.45) is 3.84. The molecule has 0 bridgehead atoms. The van der Waals surface area contributed by atoms with Gasteiger partial charge in [0.05, 0.1) is 5.92 Å². The maximum Gasteiger partial charge on any atom is 0.243 e. The molecule has 3 amide bonds. The first kappa shape index (κ1) is 17.5. The van der Waals surface area contributed by atoms with Crippen molar-refractivity contribution in [2.24, 2.45) is 11.8 Å². The Morgan fingerprint density at radius 1 is 1.20 bits per heavy atom. The fourth-order valence-electron chi connectivity index (χ4n) is 3.51. The lowest BCUT2D eigenvalue weighted by Gasteiger charge is -2.18. The summed E-state index contributed by atoms with van der Waals surface area (Å²) in [5.74, 6) is -0.802. The Bertz CT molecular complexity index is 699. The molecule has 1 heterocycles. The molecule has 2 N–H and O–H groups in total. The molecule has 6 heteroatoms. The Morgan fingerprint density at radius 2 is 1.96 bits per heavy atom. The second-order valence-electron chi connectivity index (χ2n) is 7.35. The third-order valence-corrected chi connectivity index (χ3v) is 4.81. The van der Waals surface area contributed by atoms with Gasteiger partial charge in [-0.05, 0) is 48.4 Å². The highest BCUT2D eigenvalue weighted by molar-refractivity contribution is 6.00. The number of amides is 3. The molecule has 6 nitrogen and oxygen atoms in total. The Balaban J connectivity index is 1.58. The van der Waals surface area contributed by atoms with E-state index in [-0.39, 0.29) is 30.1 Å². The molecule has 1 atom stereocenters. The molecule has 0 unspecified atom stereocenters. The van der Waals surface area contributed by atoms with E-state index in [2.05, 4.69) is 23.0 Å². The summed E-state index contributed by atoms with van der Waals surface area (Å²) in [6.45, 7) is 4.22. The van der Waals surface area contributed by atoms with Gasteiger partial charge >= 0.3 is 0 Å². The number of carbonyl (C=O) groups is 3. The van der Waals surface area contributed by atoms with Crippen LogP contribution < -0.4 is 15.8 Å². The van der Waals surface area contributed by atoms with E-state index in [9.17, 15) is 14.4 Å². The van der Waals surface area contributed by atoms with Crippen molar-refractivity contribution in [1.82, 2.24) is 10.9 Å². The van der Waals surface area contributed by atoms with E-state index in [1.54, 1.807) is 4.90 Å². The fraction of sp³-hybridized carbons (Fsp3) is 0.526. The van der Waals surface area contributed by atoms with Crippen molar-refractivity contribution in [3.05, 3.63) is 29.3 Å². The lowest BCUT2D eigenvalue weighted by atomic mass is 10.1. The van der Waals surface area contributed by atoms with Gasteiger partial charge in [-0.25, -0.2) is 0 Å². The number of anilines is 1. The molecule has 0 saturated carbocycles. The molecule has 2 aliphatic rings. The molecule has 1 saturated heterocycles. The van der Waals surface area contributed by atoms with E-state index in [1.165, 1.54) is 11.1 Å². The first-order chi connectivity index (χ1) is 11.9. The predicted molar refractivity (Wildman–Crippen MR) is 94.7 cm³/mol. The highest BCUT2D eigenvalue weighted by Gasteiger charge is 2.35. The lowest BCUT2D eigenvalue weighted by molar-refractivity contribution is -0.131. The van der Waals surface area contributed by atoms with E-state index < -0.39 is 5.92 Å². The van der Waals surface area contributed by atoms with Crippen LogP contribution in [0.25, 0.3) is 0 Å².